The lowest BCUT2D eigenvalue weighted by molar-refractivity contribution is -0.164. The molecule has 0 radical (unpaired) electrons. The molecule has 44 heavy (non-hydrogen) atoms. The molecule has 0 bridgehead atoms. The van der Waals surface area contributed by atoms with Crippen molar-refractivity contribution in [3.8, 4) is 0 Å². The molecule has 2 N–H and O–H groups in total. The van der Waals surface area contributed by atoms with Gasteiger partial charge >= 0.3 is 23.9 Å². The highest BCUT2D eigenvalue weighted by molar-refractivity contribution is 5.82. The number of carboxylic acids is 2. The zero-order valence-electron chi connectivity index (χ0n) is 30.6. The number of carbonyl (C=O) groups excluding carboxylic acids is 2. The lowest BCUT2D eigenvalue weighted by Gasteiger charge is -2.33. The number of ether oxygens (including phenoxy) is 2. The van der Waals surface area contributed by atoms with Crippen LogP contribution in [-0.2, 0) is 28.7 Å². The number of carboxylic acid groups (broad SMARTS) is 2. The van der Waals surface area contributed by atoms with E-state index >= 15 is 0 Å². The molecule has 0 spiro atoms. The molecule has 0 heterocycles. The molecule has 0 aliphatic carbocycles. The summed E-state index contributed by atoms with van der Waals surface area (Å²) < 4.78 is 11.1. The van der Waals surface area contributed by atoms with E-state index in [0.29, 0.717) is 50.7 Å². The van der Waals surface area contributed by atoms with Gasteiger partial charge in [-0.1, -0.05) is 110 Å². The molecule has 8 heteroatoms. The van der Waals surface area contributed by atoms with Gasteiger partial charge in [0.2, 0.25) is 0 Å². The van der Waals surface area contributed by atoms with Gasteiger partial charge in [0.25, 0.3) is 0 Å². The lowest BCUT2D eigenvalue weighted by Crippen LogP contribution is -2.38. The third-order valence-electron chi connectivity index (χ3n) is 7.10. The van der Waals surface area contributed by atoms with Crippen molar-refractivity contribution in [2.45, 2.75) is 135 Å². The lowest BCUT2D eigenvalue weighted by atomic mass is 9.73. The van der Waals surface area contributed by atoms with Crippen LogP contribution >= 0.6 is 0 Å². The first kappa shape index (κ1) is 44.0. The monoisotopic (exact) mass is 628 g/mol. The van der Waals surface area contributed by atoms with Gasteiger partial charge in [0, 0.05) is 0 Å². The fraction of sp³-hybridized carbons (Fsp3) is 0.889. The summed E-state index contributed by atoms with van der Waals surface area (Å²) in [6.45, 7) is 29.4. The standard InChI is InChI=1S/C22H42O4.C14H26O4/c1-15(2)13-25-19(23)17(11-21(5,6)7)18(12-22(8,9)10)20(24)26-14-16(3)4;1-9(2)5-7-11(13(15)16)12(14(17)18)8-6-10(3)4/h15-18H,11-14H2,1-10H3;9-12H,5-8H2,1-4H3,(H,15,16)(H,17,18). The first-order valence-electron chi connectivity index (χ1n) is 16.7. The molecule has 0 aromatic rings. The molecule has 0 saturated heterocycles. The van der Waals surface area contributed by atoms with E-state index in [4.69, 9.17) is 9.47 Å². The van der Waals surface area contributed by atoms with Gasteiger partial charge in [-0.05, 0) is 60.2 Å². The van der Waals surface area contributed by atoms with Crippen LogP contribution in [0.25, 0.3) is 0 Å². The van der Waals surface area contributed by atoms with Crippen LogP contribution in [0.1, 0.15) is 135 Å². The Balaban J connectivity index is 0. The highest BCUT2D eigenvalue weighted by atomic mass is 16.5. The maximum absolute atomic E-state index is 12.9. The van der Waals surface area contributed by atoms with Gasteiger partial charge in [0.15, 0.2) is 0 Å². The van der Waals surface area contributed by atoms with E-state index in [-0.39, 0.29) is 34.6 Å². The average molecular weight is 629 g/mol. The molecular weight excluding hydrogens is 560 g/mol. The van der Waals surface area contributed by atoms with Gasteiger partial charge in [-0.2, -0.15) is 0 Å². The highest BCUT2D eigenvalue weighted by Crippen LogP contribution is 2.37. The predicted molar refractivity (Wildman–Crippen MR) is 177 cm³/mol. The Hall–Kier alpha value is -2.12. The second kappa shape index (κ2) is 20.8. The van der Waals surface area contributed by atoms with Crippen molar-refractivity contribution in [2.75, 3.05) is 13.2 Å². The molecule has 0 aliphatic heterocycles. The Morgan fingerprint density at radius 2 is 0.750 bits per heavy atom. The van der Waals surface area contributed by atoms with Gasteiger partial charge in [0.05, 0.1) is 36.9 Å². The van der Waals surface area contributed by atoms with Crippen molar-refractivity contribution in [1.29, 1.82) is 0 Å². The molecular formula is C36H68O8. The summed E-state index contributed by atoms with van der Waals surface area (Å²) in [7, 11) is 0. The number of esters is 2. The minimum absolute atomic E-state index is 0.0873. The minimum Gasteiger partial charge on any atom is -0.481 e. The smallest absolute Gasteiger partial charge is 0.309 e. The van der Waals surface area contributed by atoms with Gasteiger partial charge < -0.3 is 19.7 Å². The summed E-state index contributed by atoms with van der Waals surface area (Å²) in [5.74, 6) is -3.66. The Morgan fingerprint density at radius 3 is 0.932 bits per heavy atom. The molecule has 0 aromatic heterocycles. The Morgan fingerprint density at radius 1 is 0.477 bits per heavy atom. The van der Waals surface area contributed by atoms with Crippen LogP contribution in [0.2, 0.25) is 0 Å². The first-order chi connectivity index (χ1) is 19.9. The van der Waals surface area contributed by atoms with E-state index in [1.54, 1.807) is 0 Å². The number of hydrogen-bond donors (Lipinski definition) is 2. The zero-order valence-corrected chi connectivity index (χ0v) is 30.6. The molecule has 0 aromatic carbocycles. The largest absolute Gasteiger partial charge is 0.481 e. The van der Waals surface area contributed by atoms with Crippen molar-refractivity contribution < 1.29 is 38.9 Å². The number of hydrogen-bond acceptors (Lipinski definition) is 6. The SMILES string of the molecule is CC(C)CCC(C(=O)O)C(CCC(C)C)C(=O)O.CC(C)COC(=O)C(CC(C)(C)C)C(CC(C)(C)C)C(=O)OCC(C)C. The molecule has 0 fully saturated rings. The molecule has 4 atom stereocenters. The van der Waals surface area contributed by atoms with Crippen molar-refractivity contribution in [2.24, 2.45) is 58.2 Å². The number of rotatable bonds is 18. The van der Waals surface area contributed by atoms with Crippen LogP contribution in [0.5, 0.6) is 0 Å². The van der Waals surface area contributed by atoms with Gasteiger partial charge in [-0.15, -0.1) is 0 Å². The van der Waals surface area contributed by atoms with E-state index in [9.17, 15) is 29.4 Å². The molecule has 0 amide bonds. The summed E-state index contributed by atoms with van der Waals surface area (Å²) in [6, 6.07) is 0. The fourth-order valence-corrected chi connectivity index (χ4v) is 4.83. The maximum atomic E-state index is 12.9. The summed E-state index contributed by atoms with van der Waals surface area (Å²) in [4.78, 5) is 48.2. The molecule has 0 saturated carbocycles. The van der Waals surface area contributed by atoms with E-state index in [2.05, 4.69) is 41.5 Å². The summed E-state index contributed by atoms with van der Waals surface area (Å²) in [5.41, 5.74) is -0.175. The molecule has 4 unspecified atom stereocenters. The fourth-order valence-electron chi connectivity index (χ4n) is 4.83. The van der Waals surface area contributed by atoms with Gasteiger partial charge in [-0.25, -0.2) is 0 Å². The van der Waals surface area contributed by atoms with Crippen molar-refractivity contribution >= 4 is 23.9 Å². The summed E-state index contributed by atoms with van der Waals surface area (Å²) >= 11 is 0. The third-order valence-corrected chi connectivity index (χ3v) is 7.10. The summed E-state index contributed by atoms with van der Waals surface area (Å²) in [5, 5.41) is 18.4. The van der Waals surface area contributed by atoms with Crippen molar-refractivity contribution in [3.63, 3.8) is 0 Å². The van der Waals surface area contributed by atoms with E-state index in [1.807, 2.05) is 55.4 Å². The Kier molecular flexibility index (Phi) is 20.8. The molecule has 0 rings (SSSR count). The zero-order chi connectivity index (χ0) is 35.0. The quantitative estimate of drug-likeness (QED) is 0.144. The van der Waals surface area contributed by atoms with E-state index in [0.717, 1.165) is 12.8 Å². The second-order valence-corrected chi connectivity index (χ2v) is 16.6. The van der Waals surface area contributed by atoms with E-state index in [1.165, 1.54) is 0 Å². The highest BCUT2D eigenvalue weighted by Gasteiger charge is 2.40. The minimum atomic E-state index is -0.980. The van der Waals surface area contributed by atoms with Crippen molar-refractivity contribution in [1.82, 2.24) is 0 Å². The maximum Gasteiger partial charge on any atom is 0.309 e. The average Bonchev–Trinajstić information content (AvgIpc) is 2.83. The number of carbonyl (C=O) groups is 4. The Bertz CT molecular complexity index is 775. The number of aliphatic carboxylic acids is 2. The first-order valence-corrected chi connectivity index (χ1v) is 16.7. The van der Waals surface area contributed by atoms with Crippen LogP contribution in [0.15, 0.2) is 0 Å². The normalized spacial score (nSPS) is 15.0. The van der Waals surface area contributed by atoms with Crippen LogP contribution < -0.4 is 0 Å². The van der Waals surface area contributed by atoms with E-state index < -0.39 is 35.6 Å². The van der Waals surface area contributed by atoms with Crippen LogP contribution in [-0.4, -0.2) is 47.3 Å². The topological polar surface area (TPSA) is 127 Å². The molecule has 8 nitrogen and oxygen atoms in total. The molecule has 260 valence electrons. The predicted octanol–water partition coefficient (Wildman–Crippen LogP) is 8.75. The Labute approximate surface area is 269 Å². The molecule has 0 aliphatic rings. The third kappa shape index (κ3) is 22.4. The second-order valence-electron chi connectivity index (χ2n) is 16.6. The van der Waals surface area contributed by atoms with Crippen LogP contribution in [0.4, 0.5) is 0 Å². The van der Waals surface area contributed by atoms with Crippen molar-refractivity contribution in [3.05, 3.63) is 0 Å². The van der Waals surface area contributed by atoms with Crippen LogP contribution in [0.3, 0.4) is 0 Å². The van der Waals surface area contributed by atoms with Crippen LogP contribution in [0, 0.1) is 58.2 Å². The summed E-state index contributed by atoms with van der Waals surface area (Å²) in [6.07, 6.45) is 3.60. The van der Waals surface area contributed by atoms with Gasteiger partial charge in [0.1, 0.15) is 0 Å². The van der Waals surface area contributed by atoms with Gasteiger partial charge in [-0.3, -0.25) is 19.2 Å².